The molecule has 0 atom stereocenters. The second-order valence-corrected chi connectivity index (χ2v) is 6.33. The van der Waals surface area contributed by atoms with E-state index in [1.165, 1.54) is 18.2 Å². The van der Waals surface area contributed by atoms with Gasteiger partial charge in [0.2, 0.25) is 0 Å². The van der Waals surface area contributed by atoms with Crippen molar-refractivity contribution in [3.8, 4) is 0 Å². The molecule has 27 heavy (non-hydrogen) atoms. The summed E-state index contributed by atoms with van der Waals surface area (Å²) >= 11 is 0. The van der Waals surface area contributed by atoms with Gasteiger partial charge in [-0.15, -0.1) is 6.58 Å². The van der Waals surface area contributed by atoms with Crippen molar-refractivity contribution < 1.29 is 9.18 Å². The van der Waals surface area contributed by atoms with Crippen LogP contribution in [-0.2, 0) is 6.54 Å². The number of aryl methyl sites for hydroxylation is 1. The molecular formula is C22H18FN3O. The zero-order chi connectivity index (χ0) is 19.0. The van der Waals surface area contributed by atoms with Crippen molar-refractivity contribution in [3.05, 3.63) is 89.9 Å². The molecule has 0 saturated heterocycles. The van der Waals surface area contributed by atoms with E-state index in [4.69, 9.17) is 0 Å². The summed E-state index contributed by atoms with van der Waals surface area (Å²) < 4.78 is 16.9. The molecule has 2 heterocycles. The summed E-state index contributed by atoms with van der Waals surface area (Å²) in [6.07, 6.45) is 5.00. The minimum atomic E-state index is -0.304. The van der Waals surface area contributed by atoms with E-state index in [0.717, 1.165) is 22.2 Å². The predicted molar refractivity (Wildman–Crippen MR) is 105 cm³/mol. The maximum atomic E-state index is 13.0. The number of ketones is 1. The van der Waals surface area contributed by atoms with Crippen LogP contribution in [0.15, 0.2) is 67.3 Å². The number of para-hydroxylation sites is 2. The van der Waals surface area contributed by atoms with Gasteiger partial charge >= 0.3 is 0 Å². The molecule has 0 radical (unpaired) electrons. The number of carbonyl (C=O) groups excluding carboxylic acids is 1. The molecule has 0 aliphatic heterocycles. The fraction of sp³-hybridized carbons (Fsp3) is 0.0909. The van der Waals surface area contributed by atoms with Crippen LogP contribution >= 0.6 is 0 Å². The average Bonchev–Trinajstić information content (AvgIpc) is 3.16. The number of nitrogens with zero attached hydrogens (tertiary/aromatic N) is 3. The number of carbonyl (C=O) groups is 1. The highest BCUT2D eigenvalue weighted by molar-refractivity contribution is 6.12. The summed E-state index contributed by atoms with van der Waals surface area (Å²) in [7, 11) is 0. The highest BCUT2D eigenvalue weighted by atomic mass is 19.1. The lowest BCUT2D eigenvalue weighted by Crippen LogP contribution is -2.02. The molecule has 4 aromatic rings. The molecule has 0 spiro atoms. The van der Waals surface area contributed by atoms with Crippen LogP contribution in [0.1, 0.15) is 21.6 Å². The summed E-state index contributed by atoms with van der Waals surface area (Å²) in [5.41, 5.74) is 4.68. The van der Waals surface area contributed by atoms with E-state index in [0.29, 0.717) is 17.8 Å². The van der Waals surface area contributed by atoms with Crippen LogP contribution in [0.5, 0.6) is 0 Å². The van der Waals surface area contributed by atoms with Crippen molar-refractivity contribution in [2.45, 2.75) is 13.5 Å². The largest absolute Gasteiger partial charge is 0.320 e. The first-order valence-electron chi connectivity index (χ1n) is 8.65. The molecule has 2 aromatic carbocycles. The number of benzene rings is 2. The van der Waals surface area contributed by atoms with Crippen molar-refractivity contribution >= 4 is 28.5 Å². The SMILES string of the molecule is C=CCn1c2ccccc2n2nc(C)c(C(=O)C=Cc3ccc(F)cc3)c12. The second-order valence-electron chi connectivity index (χ2n) is 6.33. The Hall–Kier alpha value is -3.47. The third-order valence-electron chi connectivity index (χ3n) is 4.55. The molecule has 0 unspecified atom stereocenters. The van der Waals surface area contributed by atoms with Gasteiger partial charge in [-0.05, 0) is 42.8 Å². The first kappa shape index (κ1) is 17.0. The molecule has 2 aromatic heterocycles. The van der Waals surface area contributed by atoms with E-state index in [1.807, 2.05) is 40.3 Å². The molecule has 0 N–H and O–H groups in total. The van der Waals surface area contributed by atoms with Gasteiger partial charge in [0.05, 0.1) is 22.3 Å². The Balaban J connectivity index is 1.85. The number of imidazole rings is 1. The Kier molecular flexibility index (Phi) is 4.20. The number of fused-ring (bicyclic) bond motifs is 3. The molecule has 0 fully saturated rings. The Morgan fingerprint density at radius 1 is 1.15 bits per heavy atom. The molecule has 5 heteroatoms. The van der Waals surface area contributed by atoms with Gasteiger partial charge in [0, 0.05) is 6.54 Å². The molecule has 4 nitrogen and oxygen atoms in total. The molecule has 4 rings (SSSR count). The molecule has 0 saturated carbocycles. The molecule has 0 aliphatic rings. The number of rotatable bonds is 5. The fourth-order valence-electron chi connectivity index (χ4n) is 3.35. The van der Waals surface area contributed by atoms with E-state index in [9.17, 15) is 9.18 Å². The lowest BCUT2D eigenvalue weighted by molar-refractivity contribution is 0.104. The van der Waals surface area contributed by atoms with Crippen LogP contribution in [0, 0.1) is 12.7 Å². The normalized spacial score (nSPS) is 11.6. The van der Waals surface area contributed by atoms with Crippen molar-refractivity contribution in [1.29, 1.82) is 0 Å². The van der Waals surface area contributed by atoms with Gasteiger partial charge < -0.3 is 4.57 Å². The summed E-state index contributed by atoms with van der Waals surface area (Å²) in [5, 5.41) is 4.59. The highest BCUT2D eigenvalue weighted by Crippen LogP contribution is 2.26. The van der Waals surface area contributed by atoms with Crippen molar-refractivity contribution in [3.63, 3.8) is 0 Å². The summed E-state index contributed by atoms with van der Waals surface area (Å²) in [6, 6.07) is 13.9. The Morgan fingerprint density at radius 2 is 1.85 bits per heavy atom. The molecule has 0 bridgehead atoms. The lowest BCUT2D eigenvalue weighted by Gasteiger charge is -2.03. The van der Waals surface area contributed by atoms with Gasteiger partial charge in [0.1, 0.15) is 11.5 Å². The lowest BCUT2D eigenvalue weighted by atomic mass is 10.1. The Labute approximate surface area is 155 Å². The van der Waals surface area contributed by atoms with Crippen LogP contribution in [0.2, 0.25) is 0 Å². The summed E-state index contributed by atoms with van der Waals surface area (Å²) in [5.74, 6) is -0.443. The number of halogens is 1. The monoisotopic (exact) mass is 359 g/mol. The van der Waals surface area contributed by atoms with Gasteiger partial charge in [0.25, 0.3) is 0 Å². The maximum absolute atomic E-state index is 13.0. The van der Waals surface area contributed by atoms with E-state index in [1.54, 1.807) is 24.3 Å². The van der Waals surface area contributed by atoms with Crippen molar-refractivity contribution in [2.75, 3.05) is 0 Å². The van der Waals surface area contributed by atoms with Gasteiger partial charge in [0.15, 0.2) is 5.78 Å². The number of hydrogen-bond donors (Lipinski definition) is 0. The smallest absolute Gasteiger partial charge is 0.191 e. The van der Waals surface area contributed by atoms with Crippen LogP contribution in [0.25, 0.3) is 22.8 Å². The molecular weight excluding hydrogens is 341 g/mol. The zero-order valence-corrected chi connectivity index (χ0v) is 14.9. The minimum absolute atomic E-state index is 0.139. The zero-order valence-electron chi connectivity index (χ0n) is 14.9. The topological polar surface area (TPSA) is 39.3 Å². The van der Waals surface area contributed by atoms with E-state index in [2.05, 4.69) is 11.7 Å². The Bertz CT molecular complexity index is 1200. The van der Waals surface area contributed by atoms with Crippen LogP contribution < -0.4 is 0 Å². The highest BCUT2D eigenvalue weighted by Gasteiger charge is 2.21. The van der Waals surface area contributed by atoms with Crippen LogP contribution in [0.3, 0.4) is 0 Å². The van der Waals surface area contributed by atoms with E-state index in [-0.39, 0.29) is 11.6 Å². The molecule has 0 aliphatic carbocycles. The summed E-state index contributed by atoms with van der Waals surface area (Å²) in [6.45, 7) is 6.24. The summed E-state index contributed by atoms with van der Waals surface area (Å²) in [4.78, 5) is 13.0. The van der Waals surface area contributed by atoms with Gasteiger partial charge in [-0.2, -0.15) is 5.10 Å². The average molecular weight is 359 g/mol. The third kappa shape index (κ3) is 2.87. The maximum Gasteiger partial charge on any atom is 0.191 e. The Morgan fingerprint density at radius 3 is 2.56 bits per heavy atom. The number of aromatic nitrogens is 3. The van der Waals surface area contributed by atoms with E-state index < -0.39 is 0 Å². The fourth-order valence-corrected chi connectivity index (χ4v) is 3.35. The number of hydrogen-bond acceptors (Lipinski definition) is 2. The quantitative estimate of drug-likeness (QED) is 0.291. The first-order valence-corrected chi connectivity index (χ1v) is 8.65. The van der Waals surface area contributed by atoms with E-state index >= 15 is 0 Å². The predicted octanol–water partition coefficient (Wildman–Crippen LogP) is 4.82. The van der Waals surface area contributed by atoms with Crippen molar-refractivity contribution in [1.82, 2.24) is 14.2 Å². The van der Waals surface area contributed by atoms with Gasteiger partial charge in [-0.1, -0.05) is 36.4 Å². The van der Waals surface area contributed by atoms with Crippen LogP contribution in [-0.4, -0.2) is 20.0 Å². The molecule has 0 amide bonds. The van der Waals surface area contributed by atoms with Gasteiger partial charge in [-0.25, -0.2) is 8.91 Å². The second kappa shape index (κ2) is 6.68. The first-order chi connectivity index (χ1) is 13.1. The standard InChI is InChI=1S/C22H18FN3O/c1-3-14-25-18-6-4-5-7-19(18)26-22(25)21(15(2)24-26)20(27)13-10-16-8-11-17(23)12-9-16/h3-13H,1,14H2,2H3. The molecule has 134 valence electrons. The van der Waals surface area contributed by atoms with Crippen LogP contribution in [0.4, 0.5) is 4.39 Å². The minimum Gasteiger partial charge on any atom is -0.320 e. The van der Waals surface area contributed by atoms with Crippen molar-refractivity contribution in [2.24, 2.45) is 0 Å². The third-order valence-corrected chi connectivity index (χ3v) is 4.55. The van der Waals surface area contributed by atoms with Gasteiger partial charge in [-0.3, -0.25) is 4.79 Å². The number of allylic oxidation sites excluding steroid dienone is 2.